The second-order valence-electron chi connectivity index (χ2n) is 4.95. The summed E-state index contributed by atoms with van der Waals surface area (Å²) in [6.45, 7) is 2.43. The number of rotatable bonds is 1. The highest BCUT2D eigenvalue weighted by atomic mass is 16.5. The Labute approximate surface area is 102 Å². The van der Waals surface area contributed by atoms with Gasteiger partial charge in [-0.2, -0.15) is 0 Å². The molecule has 1 aliphatic carbocycles. The Morgan fingerprint density at radius 2 is 1.94 bits per heavy atom. The zero-order chi connectivity index (χ0) is 11.7. The highest BCUT2D eigenvalue weighted by Crippen LogP contribution is 2.33. The molecule has 0 aromatic heterocycles. The summed E-state index contributed by atoms with van der Waals surface area (Å²) in [5.41, 5.74) is 3.68. The number of aromatic hydroxyl groups is 1. The first-order valence-corrected chi connectivity index (χ1v) is 6.51. The number of phenolic OH excluding ortho intramolecular Hbond substituents is 1. The van der Waals surface area contributed by atoms with Gasteiger partial charge in [0.1, 0.15) is 5.75 Å². The van der Waals surface area contributed by atoms with Crippen LogP contribution >= 0.6 is 0 Å². The predicted octanol–water partition coefficient (Wildman–Crippen LogP) is 1.93. The predicted molar refractivity (Wildman–Crippen MR) is 66.3 cm³/mol. The van der Waals surface area contributed by atoms with Crippen LogP contribution in [0.2, 0.25) is 0 Å². The quantitative estimate of drug-likeness (QED) is 0.779. The van der Waals surface area contributed by atoms with Crippen molar-refractivity contribution in [2.75, 3.05) is 19.7 Å². The fourth-order valence-electron chi connectivity index (χ4n) is 2.81. The van der Waals surface area contributed by atoms with E-state index in [1.54, 1.807) is 0 Å². The van der Waals surface area contributed by atoms with E-state index < -0.39 is 0 Å². The molecule has 0 spiro atoms. The van der Waals surface area contributed by atoms with Crippen molar-refractivity contribution in [3.8, 4) is 5.75 Å². The van der Waals surface area contributed by atoms with Crippen molar-refractivity contribution in [1.29, 1.82) is 0 Å². The van der Waals surface area contributed by atoms with Gasteiger partial charge in [0, 0.05) is 18.7 Å². The first-order chi connectivity index (χ1) is 8.34. The summed E-state index contributed by atoms with van der Waals surface area (Å²) < 4.78 is 5.71. The molecule has 1 heterocycles. The van der Waals surface area contributed by atoms with E-state index in [9.17, 15) is 5.11 Å². The van der Waals surface area contributed by atoms with Gasteiger partial charge in [-0.25, -0.2) is 0 Å². The molecule has 1 fully saturated rings. The molecule has 1 atom stereocenters. The smallest absolute Gasteiger partial charge is 0.121 e. The highest BCUT2D eigenvalue weighted by Gasteiger charge is 2.21. The third kappa shape index (κ3) is 2.17. The Balaban J connectivity index is 1.93. The topological polar surface area (TPSA) is 41.5 Å². The standard InChI is InChI=1S/C14H19NO2/c16-13-8-11-4-2-1-3-10(11)7-12(13)14-9-15-5-6-17-14/h7-8,14-16H,1-6,9H2. The molecule has 1 aromatic rings. The largest absolute Gasteiger partial charge is 0.508 e. The molecule has 1 aromatic carbocycles. The summed E-state index contributed by atoms with van der Waals surface area (Å²) in [6, 6.07) is 4.10. The SMILES string of the molecule is Oc1cc2c(cc1C1CNCCO1)CCCC2. The van der Waals surface area contributed by atoms with Crippen molar-refractivity contribution >= 4 is 0 Å². The Kier molecular flexibility index (Phi) is 3.04. The van der Waals surface area contributed by atoms with Crippen molar-refractivity contribution in [3.05, 3.63) is 28.8 Å². The van der Waals surface area contributed by atoms with Crippen LogP contribution in [-0.4, -0.2) is 24.8 Å². The van der Waals surface area contributed by atoms with Gasteiger partial charge in [-0.3, -0.25) is 0 Å². The molecule has 2 N–H and O–H groups in total. The summed E-state index contributed by atoms with van der Waals surface area (Å²) in [7, 11) is 0. The fourth-order valence-corrected chi connectivity index (χ4v) is 2.81. The maximum atomic E-state index is 10.1. The Hall–Kier alpha value is -1.06. The summed E-state index contributed by atoms with van der Waals surface area (Å²) in [5, 5.41) is 13.4. The van der Waals surface area contributed by atoms with E-state index in [2.05, 4.69) is 11.4 Å². The van der Waals surface area contributed by atoms with E-state index >= 15 is 0 Å². The van der Waals surface area contributed by atoms with Gasteiger partial charge in [-0.05, 0) is 48.9 Å². The highest BCUT2D eigenvalue weighted by molar-refractivity contribution is 5.44. The Morgan fingerprint density at radius 3 is 2.65 bits per heavy atom. The van der Waals surface area contributed by atoms with Crippen LogP contribution in [0, 0.1) is 0 Å². The van der Waals surface area contributed by atoms with E-state index in [0.29, 0.717) is 5.75 Å². The van der Waals surface area contributed by atoms with Gasteiger partial charge in [-0.15, -0.1) is 0 Å². The van der Waals surface area contributed by atoms with Gasteiger partial charge >= 0.3 is 0 Å². The van der Waals surface area contributed by atoms with Crippen LogP contribution in [0.4, 0.5) is 0 Å². The number of hydrogen-bond acceptors (Lipinski definition) is 3. The van der Waals surface area contributed by atoms with Crippen LogP contribution in [-0.2, 0) is 17.6 Å². The lowest BCUT2D eigenvalue weighted by Gasteiger charge is -2.26. The van der Waals surface area contributed by atoms with E-state index in [1.807, 2.05) is 6.07 Å². The molecular formula is C14H19NO2. The lowest BCUT2D eigenvalue weighted by atomic mass is 9.89. The molecule has 92 valence electrons. The minimum Gasteiger partial charge on any atom is -0.508 e. The van der Waals surface area contributed by atoms with Crippen LogP contribution in [0.3, 0.4) is 0 Å². The van der Waals surface area contributed by atoms with Crippen molar-refractivity contribution in [2.45, 2.75) is 31.8 Å². The molecule has 1 aliphatic heterocycles. The number of fused-ring (bicyclic) bond motifs is 1. The average molecular weight is 233 g/mol. The van der Waals surface area contributed by atoms with E-state index in [1.165, 1.54) is 24.0 Å². The number of hydrogen-bond donors (Lipinski definition) is 2. The van der Waals surface area contributed by atoms with Crippen LogP contribution in [0.25, 0.3) is 0 Å². The molecule has 3 rings (SSSR count). The van der Waals surface area contributed by atoms with Crippen molar-refractivity contribution in [3.63, 3.8) is 0 Å². The minimum atomic E-state index is 0.0102. The molecule has 1 unspecified atom stereocenters. The normalized spacial score (nSPS) is 24.4. The molecule has 3 heteroatoms. The van der Waals surface area contributed by atoms with Gasteiger partial charge in [0.05, 0.1) is 12.7 Å². The van der Waals surface area contributed by atoms with Gasteiger partial charge < -0.3 is 15.2 Å². The second kappa shape index (κ2) is 4.67. The average Bonchev–Trinajstić information content (AvgIpc) is 2.39. The lowest BCUT2D eigenvalue weighted by molar-refractivity contribution is 0.0262. The third-order valence-corrected chi connectivity index (χ3v) is 3.77. The Bertz CT molecular complexity index is 411. The summed E-state index contributed by atoms with van der Waals surface area (Å²) in [5.74, 6) is 0.402. The number of morpholine rings is 1. The zero-order valence-electron chi connectivity index (χ0n) is 10.0. The molecule has 2 aliphatic rings. The third-order valence-electron chi connectivity index (χ3n) is 3.77. The monoisotopic (exact) mass is 233 g/mol. The van der Waals surface area contributed by atoms with Gasteiger partial charge in [0.2, 0.25) is 0 Å². The molecule has 3 nitrogen and oxygen atoms in total. The number of benzene rings is 1. The molecule has 0 radical (unpaired) electrons. The number of phenols is 1. The minimum absolute atomic E-state index is 0.0102. The van der Waals surface area contributed by atoms with E-state index in [-0.39, 0.29) is 6.10 Å². The van der Waals surface area contributed by atoms with Crippen LogP contribution < -0.4 is 5.32 Å². The van der Waals surface area contributed by atoms with Gasteiger partial charge in [0.25, 0.3) is 0 Å². The molecule has 17 heavy (non-hydrogen) atoms. The van der Waals surface area contributed by atoms with E-state index in [0.717, 1.165) is 38.1 Å². The summed E-state index contributed by atoms with van der Waals surface area (Å²) >= 11 is 0. The molecule has 0 saturated carbocycles. The first kappa shape index (κ1) is 11.1. The number of nitrogens with one attached hydrogen (secondary N) is 1. The second-order valence-corrected chi connectivity index (χ2v) is 4.95. The lowest BCUT2D eigenvalue weighted by Crippen LogP contribution is -2.33. The number of aryl methyl sites for hydroxylation is 2. The van der Waals surface area contributed by atoms with Crippen LogP contribution in [0.5, 0.6) is 5.75 Å². The van der Waals surface area contributed by atoms with E-state index in [4.69, 9.17) is 4.74 Å². The van der Waals surface area contributed by atoms with Crippen molar-refractivity contribution in [1.82, 2.24) is 5.32 Å². The van der Waals surface area contributed by atoms with Crippen molar-refractivity contribution in [2.24, 2.45) is 0 Å². The summed E-state index contributed by atoms with van der Waals surface area (Å²) in [4.78, 5) is 0. The van der Waals surface area contributed by atoms with Crippen LogP contribution in [0.15, 0.2) is 12.1 Å². The van der Waals surface area contributed by atoms with Gasteiger partial charge in [0.15, 0.2) is 0 Å². The fraction of sp³-hybridized carbons (Fsp3) is 0.571. The molecule has 0 bridgehead atoms. The van der Waals surface area contributed by atoms with Crippen molar-refractivity contribution < 1.29 is 9.84 Å². The Morgan fingerprint density at radius 1 is 1.18 bits per heavy atom. The number of ether oxygens (including phenoxy) is 1. The maximum absolute atomic E-state index is 10.1. The first-order valence-electron chi connectivity index (χ1n) is 6.51. The molecular weight excluding hydrogens is 214 g/mol. The zero-order valence-corrected chi connectivity index (χ0v) is 10.0. The van der Waals surface area contributed by atoms with Gasteiger partial charge in [-0.1, -0.05) is 0 Å². The summed E-state index contributed by atoms with van der Waals surface area (Å²) in [6.07, 6.45) is 4.76. The molecule has 1 saturated heterocycles. The van der Waals surface area contributed by atoms with Crippen LogP contribution in [0.1, 0.15) is 35.6 Å². The molecule has 0 amide bonds. The maximum Gasteiger partial charge on any atom is 0.121 e.